The smallest absolute Gasteiger partial charge is 0.343 e. The van der Waals surface area contributed by atoms with E-state index in [9.17, 15) is 4.79 Å². The van der Waals surface area contributed by atoms with Gasteiger partial charge in [0.1, 0.15) is 5.75 Å². The van der Waals surface area contributed by atoms with Crippen LogP contribution in [0.2, 0.25) is 0 Å². The van der Waals surface area contributed by atoms with Gasteiger partial charge < -0.3 is 14.5 Å². The Bertz CT molecular complexity index is 1140. The molecule has 3 heterocycles. The van der Waals surface area contributed by atoms with Gasteiger partial charge in [0, 0.05) is 26.2 Å². The number of rotatable bonds is 7. The maximum atomic E-state index is 12.2. The van der Waals surface area contributed by atoms with Crippen LogP contribution in [0.3, 0.4) is 0 Å². The quantitative estimate of drug-likeness (QED) is 0.226. The predicted octanol–water partition coefficient (Wildman–Crippen LogP) is 4.52. The second kappa shape index (κ2) is 11.6. The molecule has 1 N–H and O–H groups in total. The van der Waals surface area contributed by atoms with E-state index in [1.807, 2.05) is 18.2 Å². The minimum Gasteiger partial charge on any atom is -0.423 e. The highest BCUT2D eigenvalue weighted by atomic mass is 16.5. The van der Waals surface area contributed by atoms with Crippen molar-refractivity contribution in [2.75, 3.05) is 41.4 Å². The monoisotopic (exact) mass is 485 g/mol. The van der Waals surface area contributed by atoms with Crippen molar-refractivity contribution >= 4 is 30.0 Å². The molecule has 186 valence electrons. The van der Waals surface area contributed by atoms with E-state index in [-0.39, 0.29) is 5.97 Å². The fraction of sp³-hybridized carbons (Fsp3) is 0.370. The van der Waals surface area contributed by atoms with E-state index in [1.165, 1.54) is 12.8 Å². The molecule has 2 saturated heterocycles. The number of ether oxygens (including phenoxy) is 1. The highest BCUT2D eigenvalue weighted by Gasteiger charge is 2.20. The van der Waals surface area contributed by atoms with Crippen molar-refractivity contribution in [2.45, 2.75) is 38.5 Å². The van der Waals surface area contributed by atoms with Crippen molar-refractivity contribution in [1.29, 1.82) is 0 Å². The van der Waals surface area contributed by atoms with Gasteiger partial charge in [-0.05, 0) is 80.5 Å². The Morgan fingerprint density at radius 1 is 0.778 bits per heavy atom. The van der Waals surface area contributed by atoms with E-state index >= 15 is 0 Å². The fourth-order valence-electron chi connectivity index (χ4n) is 4.40. The molecule has 0 radical (unpaired) electrons. The Labute approximate surface area is 211 Å². The number of hydrogen-bond donors (Lipinski definition) is 1. The number of piperidine rings is 2. The normalized spacial score (nSPS) is 16.2. The van der Waals surface area contributed by atoms with Crippen LogP contribution in [-0.4, -0.2) is 53.3 Å². The summed E-state index contributed by atoms with van der Waals surface area (Å²) in [5.74, 6) is 1.96. The van der Waals surface area contributed by atoms with Gasteiger partial charge in [0.25, 0.3) is 0 Å². The van der Waals surface area contributed by atoms with Crippen molar-refractivity contribution in [3.8, 4) is 5.75 Å². The van der Waals surface area contributed by atoms with Gasteiger partial charge in [-0.3, -0.25) is 0 Å². The molecule has 0 unspecified atom stereocenters. The highest BCUT2D eigenvalue weighted by Crippen LogP contribution is 2.22. The Balaban J connectivity index is 1.25. The average Bonchev–Trinajstić information content (AvgIpc) is 2.95. The molecule has 36 heavy (non-hydrogen) atoms. The predicted molar refractivity (Wildman–Crippen MR) is 141 cm³/mol. The highest BCUT2D eigenvalue weighted by molar-refractivity contribution is 5.91. The third-order valence-electron chi connectivity index (χ3n) is 6.37. The summed E-state index contributed by atoms with van der Waals surface area (Å²) in [4.78, 5) is 30.8. The lowest BCUT2D eigenvalue weighted by molar-refractivity contribution is 0.0734. The van der Waals surface area contributed by atoms with Crippen LogP contribution in [-0.2, 0) is 0 Å². The van der Waals surface area contributed by atoms with Crippen LogP contribution >= 0.6 is 0 Å². The lowest BCUT2D eigenvalue weighted by Crippen LogP contribution is -2.34. The SMILES string of the molecule is O=C(Oc1ccc(/C=N/Nc2nc(N3CCCCC3)nc(N3CCCCC3)n2)cc1)c1ccccc1. The van der Waals surface area contributed by atoms with Crippen molar-refractivity contribution in [3.05, 3.63) is 65.7 Å². The summed E-state index contributed by atoms with van der Waals surface area (Å²) in [5.41, 5.74) is 4.35. The van der Waals surface area contributed by atoms with Crippen LogP contribution < -0.4 is 20.0 Å². The van der Waals surface area contributed by atoms with Crippen molar-refractivity contribution < 1.29 is 9.53 Å². The van der Waals surface area contributed by atoms with Crippen LogP contribution in [0.25, 0.3) is 0 Å². The molecule has 3 aromatic rings. The Kier molecular flexibility index (Phi) is 7.65. The van der Waals surface area contributed by atoms with Crippen LogP contribution in [0.15, 0.2) is 59.7 Å². The number of hydrazone groups is 1. The molecule has 0 saturated carbocycles. The van der Waals surface area contributed by atoms with Crippen molar-refractivity contribution in [1.82, 2.24) is 15.0 Å². The zero-order valence-corrected chi connectivity index (χ0v) is 20.3. The Morgan fingerprint density at radius 3 is 1.94 bits per heavy atom. The van der Waals surface area contributed by atoms with Crippen molar-refractivity contribution in [2.24, 2.45) is 5.10 Å². The van der Waals surface area contributed by atoms with Gasteiger partial charge in [-0.1, -0.05) is 18.2 Å². The van der Waals surface area contributed by atoms with E-state index in [0.717, 1.165) is 57.4 Å². The second-order valence-electron chi connectivity index (χ2n) is 9.05. The molecule has 0 bridgehead atoms. The van der Waals surface area contributed by atoms with E-state index in [4.69, 9.17) is 9.72 Å². The number of nitrogens with zero attached hydrogens (tertiary/aromatic N) is 6. The van der Waals surface area contributed by atoms with E-state index in [2.05, 4.69) is 30.3 Å². The van der Waals surface area contributed by atoms with Crippen LogP contribution in [0.4, 0.5) is 17.8 Å². The molecule has 0 spiro atoms. The number of carbonyl (C=O) groups is 1. The summed E-state index contributed by atoms with van der Waals surface area (Å²) >= 11 is 0. The molecule has 1 aromatic heterocycles. The van der Waals surface area contributed by atoms with Gasteiger partial charge in [-0.25, -0.2) is 10.2 Å². The molecule has 9 heteroatoms. The zero-order valence-electron chi connectivity index (χ0n) is 20.3. The lowest BCUT2D eigenvalue weighted by Gasteiger charge is -2.30. The summed E-state index contributed by atoms with van der Waals surface area (Å²) in [6.07, 6.45) is 8.81. The number of anilines is 3. The van der Waals surface area contributed by atoms with E-state index < -0.39 is 0 Å². The van der Waals surface area contributed by atoms with Gasteiger partial charge >= 0.3 is 5.97 Å². The molecular weight excluding hydrogens is 454 g/mol. The van der Waals surface area contributed by atoms with Gasteiger partial charge in [0.2, 0.25) is 17.8 Å². The third kappa shape index (κ3) is 6.16. The fourth-order valence-corrected chi connectivity index (χ4v) is 4.40. The molecular formula is C27H31N7O2. The van der Waals surface area contributed by atoms with E-state index in [1.54, 1.807) is 42.6 Å². The summed E-state index contributed by atoms with van der Waals surface area (Å²) in [6, 6.07) is 16.1. The zero-order chi connectivity index (χ0) is 24.6. The minimum absolute atomic E-state index is 0.387. The molecule has 2 aliphatic heterocycles. The van der Waals surface area contributed by atoms with Crippen LogP contribution in [0.1, 0.15) is 54.4 Å². The molecule has 2 aromatic carbocycles. The van der Waals surface area contributed by atoms with Crippen LogP contribution in [0, 0.1) is 0 Å². The van der Waals surface area contributed by atoms with Crippen molar-refractivity contribution in [3.63, 3.8) is 0 Å². The molecule has 9 nitrogen and oxygen atoms in total. The number of aromatic nitrogens is 3. The maximum Gasteiger partial charge on any atom is 0.343 e. The Morgan fingerprint density at radius 2 is 1.36 bits per heavy atom. The minimum atomic E-state index is -0.387. The van der Waals surface area contributed by atoms with Crippen LogP contribution in [0.5, 0.6) is 5.75 Å². The van der Waals surface area contributed by atoms with Gasteiger partial charge in [-0.2, -0.15) is 20.1 Å². The number of esters is 1. The molecule has 2 fully saturated rings. The summed E-state index contributed by atoms with van der Waals surface area (Å²) < 4.78 is 5.44. The Hall–Kier alpha value is -4.01. The summed E-state index contributed by atoms with van der Waals surface area (Å²) in [5, 5.41) is 4.35. The molecule has 0 amide bonds. The second-order valence-corrected chi connectivity index (χ2v) is 9.05. The molecule has 0 atom stereocenters. The largest absolute Gasteiger partial charge is 0.423 e. The first-order valence-corrected chi connectivity index (χ1v) is 12.7. The number of benzene rings is 2. The number of carbonyl (C=O) groups excluding carboxylic acids is 1. The standard InChI is InChI=1S/C27H31N7O2/c35-24(22-10-4-1-5-11-22)36-23-14-12-21(13-15-23)20-28-32-25-29-26(33-16-6-2-7-17-33)31-27(30-25)34-18-8-3-9-19-34/h1,4-5,10-15,20H,2-3,6-9,16-19H2,(H,29,30,31,32)/b28-20+. The maximum absolute atomic E-state index is 12.2. The first kappa shape index (κ1) is 23.7. The van der Waals surface area contributed by atoms with Gasteiger partial charge in [0.15, 0.2) is 0 Å². The first-order valence-electron chi connectivity index (χ1n) is 12.7. The third-order valence-corrected chi connectivity index (χ3v) is 6.37. The number of hydrogen-bond acceptors (Lipinski definition) is 9. The van der Waals surface area contributed by atoms with Gasteiger partial charge in [-0.15, -0.1) is 0 Å². The topological polar surface area (TPSA) is 95.8 Å². The summed E-state index contributed by atoms with van der Waals surface area (Å²) in [6.45, 7) is 3.86. The first-order chi connectivity index (χ1) is 17.7. The van der Waals surface area contributed by atoms with E-state index in [0.29, 0.717) is 29.2 Å². The molecule has 0 aliphatic carbocycles. The average molecular weight is 486 g/mol. The number of nitrogens with one attached hydrogen (secondary N) is 1. The summed E-state index contributed by atoms with van der Waals surface area (Å²) in [7, 11) is 0. The molecule has 5 rings (SSSR count). The molecule has 2 aliphatic rings. The van der Waals surface area contributed by atoms with Gasteiger partial charge in [0.05, 0.1) is 11.8 Å². The lowest BCUT2D eigenvalue weighted by atomic mass is 10.1.